The highest BCUT2D eigenvalue weighted by Crippen LogP contribution is 2.30. The van der Waals surface area contributed by atoms with E-state index in [4.69, 9.17) is 10.5 Å². The zero-order chi connectivity index (χ0) is 11.9. The summed E-state index contributed by atoms with van der Waals surface area (Å²) >= 11 is 0. The van der Waals surface area contributed by atoms with Gasteiger partial charge in [-0.2, -0.15) is 0 Å². The largest absolute Gasteiger partial charge is 0.378 e. The van der Waals surface area contributed by atoms with Crippen molar-refractivity contribution < 1.29 is 4.74 Å². The highest BCUT2D eigenvalue weighted by molar-refractivity contribution is 4.84. The van der Waals surface area contributed by atoms with Crippen molar-refractivity contribution >= 4 is 0 Å². The fourth-order valence-electron chi connectivity index (χ4n) is 2.04. The van der Waals surface area contributed by atoms with Crippen LogP contribution in [-0.2, 0) is 4.74 Å². The number of nitrogens with two attached hydrogens (primary N) is 1. The number of hydrogen-bond acceptors (Lipinski definition) is 2. The summed E-state index contributed by atoms with van der Waals surface area (Å²) in [5, 5.41) is 0. The van der Waals surface area contributed by atoms with Crippen LogP contribution >= 0.6 is 0 Å². The summed E-state index contributed by atoms with van der Waals surface area (Å²) in [4.78, 5) is 0. The molecule has 0 aromatic carbocycles. The molecule has 0 heterocycles. The van der Waals surface area contributed by atoms with Crippen molar-refractivity contribution in [2.75, 3.05) is 6.61 Å². The molecule has 1 unspecified atom stereocenters. The molecule has 15 heavy (non-hydrogen) atoms. The van der Waals surface area contributed by atoms with Gasteiger partial charge >= 0.3 is 0 Å². The summed E-state index contributed by atoms with van der Waals surface area (Å²) in [6.07, 6.45) is 4.79. The van der Waals surface area contributed by atoms with Crippen LogP contribution in [0.15, 0.2) is 0 Å². The Labute approximate surface area is 95.6 Å². The molecular weight excluding hydrogens is 186 g/mol. The fourth-order valence-corrected chi connectivity index (χ4v) is 2.04. The Morgan fingerprint density at radius 1 is 1.07 bits per heavy atom. The first-order valence-electron chi connectivity index (χ1n) is 6.43. The molecule has 0 radical (unpaired) electrons. The minimum atomic E-state index is 0.169. The van der Waals surface area contributed by atoms with E-state index in [1.807, 2.05) is 0 Å². The molecule has 0 saturated heterocycles. The molecule has 0 spiro atoms. The lowest BCUT2D eigenvalue weighted by molar-refractivity contribution is -0.0250. The van der Waals surface area contributed by atoms with Gasteiger partial charge in [-0.25, -0.2) is 0 Å². The standard InChI is InChI=1S/C13H29NO/c1-6-12(7-2)15-10-13(8-3,9-4)11(5)14/h11-12H,6-10,14H2,1-5H3. The van der Waals surface area contributed by atoms with E-state index in [-0.39, 0.29) is 11.5 Å². The van der Waals surface area contributed by atoms with E-state index in [0.717, 1.165) is 32.3 Å². The molecule has 0 saturated carbocycles. The van der Waals surface area contributed by atoms with Crippen LogP contribution < -0.4 is 5.73 Å². The van der Waals surface area contributed by atoms with Crippen molar-refractivity contribution in [2.45, 2.75) is 72.4 Å². The maximum Gasteiger partial charge on any atom is 0.0570 e. The van der Waals surface area contributed by atoms with Crippen molar-refractivity contribution in [3.8, 4) is 0 Å². The summed E-state index contributed by atoms with van der Waals surface area (Å²) in [6, 6.07) is 0.210. The molecule has 0 bridgehead atoms. The van der Waals surface area contributed by atoms with Crippen LogP contribution in [0, 0.1) is 5.41 Å². The lowest BCUT2D eigenvalue weighted by Gasteiger charge is -2.36. The monoisotopic (exact) mass is 215 g/mol. The molecule has 2 heteroatoms. The SMILES string of the molecule is CCC(CC)OCC(CC)(CC)C(C)N. The van der Waals surface area contributed by atoms with Gasteiger partial charge in [0.15, 0.2) is 0 Å². The number of rotatable bonds is 8. The van der Waals surface area contributed by atoms with Gasteiger partial charge in [0.1, 0.15) is 0 Å². The predicted molar refractivity (Wildman–Crippen MR) is 67.0 cm³/mol. The van der Waals surface area contributed by atoms with Crippen LogP contribution in [-0.4, -0.2) is 18.8 Å². The number of ether oxygens (including phenoxy) is 1. The van der Waals surface area contributed by atoms with E-state index in [0.29, 0.717) is 6.10 Å². The lowest BCUT2D eigenvalue weighted by atomic mass is 9.77. The van der Waals surface area contributed by atoms with Gasteiger partial charge in [-0.3, -0.25) is 0 Å². The quantitative estimate of drug-likeness (QED) is 0.674. The van der Waals surface area contributed by atoms with Gasteiger partial charge in [0.05, 0.1) is 12.7 Å². The summed E-state index contributed by atoms with van der Waals surface area (Å²) in [5.74, 6) is 0. The third-order valence-electron chi connectivity index (χ3n) is 3.89. The molecule has 2 nitrogen and oxygen atoms in total. The first-order valence-corrected chi connectivity index (χ1v) is 6.43. The van der Waals surface area contributed by atoms with Gasteiger partial charge in [0, 0.05) is 11.5 Å². The van der Waals surface area contributed by atoms with Gasteiger partial charge in [-0.15, -0.1) is 0 Å². The first-order chi connectivity index (χ1) is 7.06. The van der Waals surface area contributed by atoms with Crippen molar-refractivity contribution in [2.24, 2.45) is 11.1 Å². The number of hydrogen-bond donors (Lipinski definition) is 1. The van der Waals surface area contributed by atoms with Crippen LogP contribution in [0.3, 0.4) is 0 Å². The van der Waals surface area contributed by atoms with E-state index in [2.05, 4.69) is 34.6 Å². The Kier molecular flexibility index (Phi) is 7.20. The van der Waals surface area contributed by atoms with Crippen LogP contribution in [0.1, 0.15) is 60.3 Å². The van der Waals surface area contributed by atoms with Gasteiger partial charge in [0.25, 0.3) is 0 Å². The summed E-state index contributed by atoms with van der Waals surface area (Å²) in [7, 11) is 0. The zero-order valence-corrected chi connectivity index (χ0v) is 11.2. The Morgan fingerprint density at radius 3 is 1.80 bits per heavy atom. The summed E-state index contributed by atoms with van der Waals surface area (Å²) < 4.78 is 5.97. The van der Waals surface area contributed by atoms with Gasteiger partial charge < -0.3 is 10.5 Å². The van der Waals surface area contributed by atoms with Gasteiger partial charge in [-0.05, 0) is 32.6 Å². The highest BCUT2D eigenvalue weighted by Gasteiger charge is 2.31. The normalized spacial score (nSPS) is 14.6. The van der Waals surface area contributed by atoms with Crippen LogP contribution in [0.2, 0.25) is 0 Å². The molecule has 0 amide bonds. The Balaban J connectivity index is 4.28. The Bertz CT molecular complexity index is 149. The molecule has 2 N–H and O–H groups in total. The van der Waals surface area contributed by atoms with E-state index in [1.165, 1.54) is 0 Å². The maximum atomic E-state index is 6.08. The van der Waals surface area contributed by atoms with Crippen LogP contribution in [0.25, 0.3) is 0 Å². The second kappa shape index (κ2) is 7.24. The van der Waals surface area contributed by atoms with E-state index < -0.39 is 0 Å². The molecule has 0 aliphatic rings. The summed E-state index contributed by atoms with van der Waals surface area (Å²) in [6.45, 7) is 11.7. The second-order valence-corrected chi connectivity index (χ2v) is 4.61. The Morgan fingerprint density at radius 2 is 1.53 bits per heavy atom. The van der Waals surface area contributed by atoms with Crippen LogP contribution in [0.5, 0.6) is 0 Å². The van der Waals surface area contributed by atoms with Crippen molar-refractivity contribution in [3.63, 3.8) is 0 Å². The third kappa shape index (κ3) is 4.12. The molecule has 92 valence electrons. The molecule has 0 rings (SSSR count). The minimum Gasteiger partial charge on any atom is -0.378 e. The summed E-state index contributed by atoms with van der Waals surface area (Å²) in [5.41, 5.74) is 6.25. The van der Waals surface area contributed by atoms with E-state index in [1.54, 1.807) is 0 Å². The molecule has 0 aromatic rings. The topological polar surface area (TPSA) is 35.2 Å². The molecule has 1 atom stereocenters. The molecule has 0 aliphatic heterocycles. The third-order valence-corrected chi connectivity index (χ3v) is 3.89. The second-order valence-electron chi connectivity index (χ2n) is 4.61. The molecule has 0 fully saturated rings. The fraction of sp³-hybridized carbons (Fsp3) is 1.00. The minimum absolute atomic E-state index is 0.169. The van der Waals surface area contributed by atoms with Crippen molar-refractivity contribution in [1.29, 1.82) is 0 Å². The van der Waals surface area contributed by atoms with Crippen LogP contribution in [0.4, 0.5) is 0 Å². The lowest BCUT2D eigenvalue weighted by Crippen LogP contribution is -2.43. The Hall–Kier alpha value is -0.0800. The van der Waals surface area contributed by atoms with Gasteiger partial charge in [-0.1, -0.05) is 27.7 Å². The predicted octanol–water partition coefficient (Wildman–Crippen LogP) is 3.35. The smallest absolute Gasteiger partial charge is 0.0570 e. The zero-order valence-electron chi connectivity index (χ0n) is 11.2. The first kappa shape index (κ1) is 14.9. The van der Waals surface area contributed by atoms with Crippen molar-refractivity contribution in [1.82, 2.24) is 0 Å². The molecule has 0 aliphatic carbocycles. The van der Waals surface area contributed by atoms with E-state index >= 15 is 0 Å². The van der Waals surface area contributed by atoms with Crippen molar-refractivity contribution in [3.05, 3.63) is 0 Å². The maximum absolute atomic E-state index is 6.08. The highest BCUT2D eigenvalue weighted by atomic mass is 16.5. The average Bonchev–Trinajstić information content (AvgIpc) is 2.25. The van der Waals surface area contributed by atoms with Gasteiger partial charge in [0.2, 0.25) is 0 Å². The average molecular weight is 215 g/mol. The molecule has 0 aromatic heterocycles. The molecular formula is C13H29NO. The van der Waals surface area contributed by atoms with E-state index in [9.17, 15) is 0 Å².